The largest absolute Gasteiger partial charge is 0.381 e. The second-order valence-electron chi connectivity index (χ2n) is 5.14. The van der Waals surface area contributed by atoms with Crippen LogP contribution in [0.1, 0.15) is 34.8 Å². The van der Waals surface area contributed by atoms with Crippen LogP contribution >= 0.6 is 11.3 Å². The van der Waals surface area contributed by atoms with E-state index in [4.69, 9.17) is 10.5 Å². The molecule has 2 unspecified atom stereocenters. The van der Waals surface area contributed by atoms with Crippen molar-refractivity contribution in [1.29, 1.82) is 0 Å². The van der Waals surface area contributed by atoms with Gasteiger partial charge >= 0.3 is 0 Å². The molecule has 0 amide bonds. The predicted octanol–water partition coefficient (Wildman–Crippen LogP) is 1.74. The summed E-state index contributed by atoms with van der Waals surface area (Å²) in [4.78, 5) is 0.790. The Balaban J connectivity index is 1.71. The molecule has 2 aromatic heterocycles. The highest BCUT2D eigenvalue weighted by molar-refractivity contribution is 7.16. The summed E-state index contributed by atoms with van der Waals surface area (Å²) in [5, 5.41) is 13.9. The maximum atomic E-state index is 6.30. The molecule has 0 radical (unpaired) electrons. The lowest BCUT2D eigenvalue weighted by molar-refractivity contribution is 0.193. The molecule has 0 spiro atoms. The lowest BCUT2D eigenvalue weighted by Crippen LogP contribution is -2.12. The van der Waals surface area contributed by atoms with E-state index in [1.807, 2.05) is 34.8 Å². The van der Waals surface area contributed by atoms with Gasteiger partial charge in [-0.25, -0.2) is 0 Å². The van der Waals surface area contributed by atoms with Crippen LogP contribution in [0.5, 0.6) is 0 Å². The maximum absolute atomic E-state index is 6.30. The Morgan fingerprint density at radius 1 is 1.29 bits per heavy atom. The van der Waals surface area contributed by atoms with Gasteiger partial charge in [0.25, 0.3) is 0 Å². The van der Waals surface area contributed by atoms with Gasteiger partial charge < -0.3 is 10.5 Å². The summed E-state index contributed by atoms with van der Waals surface area (Å²) in [5.41, 5.74) is 7.35. The topological polar surface area (TPSA) is 78.3 Å². The van der Waals surface area contributed by atoms with Gasteiger partial charge in [0.1, 0.15) is 5.01 Å². The molecule has 3 heterocycles. The molecule has 1 saturated heterocycles. The van der Waals surface area contributed by atoms with Gasteiger partial charge in [-0.15, -0.1) is 10.2 Å². The van der Waals surface area contributed by atoms with Gasteiger partial charge in [0.2, 0.25) is 4.96 Å². The van der Waals surface area contributed by atoms with E-state index in [2.05, 4.69) is 15.3 Å². The van der Waals surface area contributed by atoms with Crippen molar-refractivity contribution in [2.45, 2.75) is 18.4 Å². The molecule has 3 aromatic rings. The minimum absolute atomic E-state index is 0.231. The fraction of sp³-hybridized carbons (Fsp3) is 0.357. The number of nitrogens with zero attached hydrogens (tertiary/aromatic N) is 4. The van der Waals surface area contributed by atoms with Crippen LogP contribution in [0, 0.1) is 0 Å². The Morgan fingerprint density at radius 2 is 2.14 bits per heavy atom. The Kier molecular flexibility index (Phi) is 3.17. The van der Waals surface area contributed by atoms with E-state index in [0.29, 0.717) is 6.61 Å². The third kappa shape index (κ3) is 2.23. The standard InChI is InChI=1S/C14H15N5OS/c15-11(9-4-2-1-3-5-9)13-18-19-12(10-6-7-20-8-10)16-17-14(19)21-13/h1-5,10-11H,6-8,15H2. The highest BCUT2D eigenvalue weighted by atomic mass is 32.1. The van der Waals surface area contributed by atoms with E-state index >= 15 is 0 Å². The van der Waals surface area contributed by atoms with Crippen molar-refractivity contribution < 1.29 is 4.74 Å². The first kappa shape index (κ1) is 12.9. The molecule has 0 aliphatic carbocycles. The van der Waals surface area contributed by atoms with Crippen LogP contribution in [-0.4, -0.2) is 33.0 Å². The van der Waals surface area contributed by atoms with E-state index in [0.717, 1.165) is 34.4 Å². The number of aromatic nitrogens is 4. The van der Waals surface area contributed by atoms with Crippen LogP contribution in [-0.2, 0) is 4.74 Å². The van der Waals surface area contributed by atoms with Gasteiger partial charge in [-0.1, -0.05) is 41.7 Å². The number of fused-ring (bicyclic) bond motifs is 1. The molecule has 1 aliphatic heterocycles. The van der Waals surface area contributed by atoms with Gasteiger partial charge in [0.05, 0.1) is 12.6 Å². The smallest absolute Gasteiger partial charge is 0.234 e. The third-order valence-electron chi connectivity index (χ3n) is 3.75. The summed E-state index contributed by atoms with van der Waals surface area (Å²) in [7, 11) is 0. The number of rotatable bonds is 3. The van der Waals surface area contributed by atoms with E-state index < -0.39 is 0 Å². The van der Waals surface area contributed by atoms with Crippen LogP contribution in [0.2, 0.25) is 0 Å². The predicted molar refractivity (Wildman–Crippen MR) is 79.3 cm³/mol. The van der Waals surface area contributed by atoms with Crippen molar-refractivity contribution in [3.8, 4) is 0 Å². The number of ether oxygens (including phenoxy) is 1. The second-order valence-corrected chi connectivity index (χ2v) is 6.13. The third-order valence-corrected chi connectivity index (χ3v) is 4.73. The monoisotopic (exact) mass is 301 g/mol. The van der Waals surface area contributed by atoms with Crippen LogP contribution < -0.4 is 5.73 Å². The fourth-order valence-electron chi connectivity index (χ4n) is 2.57. The van der Waals surface area contributed by atoms with E-state index in [-0.39, 0.29) is 12.0 Å². The molecule has 6 nitrogen and oxygen atoms in total. The fourth-order valence-corrected chi connectivity index (χ4v) is 3.44. The molecule has 2 N–H and O–H groups in total. The molecule has 1 fully saturated rings. The summed E-state index contributed by atoms with van der Waals surface area (Å²) >= 11 is 1.49. The molecule has 1 aromatic carbocycles. The Bertz CT molecular complexity index is 747. The summed E-state index contributed by atoms with van der Waals surface area (Å²) < 4.78 is 7.24. The molecule has 108 valence electrons. The normalized spacial score (nSPS) is 20.1. The first-order chi connectivity index (χ1) is 10.3. The number of hydrogen-bond acceptors (Lipinski definition) is 6. The highest BCUT2D eigenvalue weighted by Crippen LogP contribution is 2.28. The zero-order valence-corrected chi connectivity index (χ0v) is 12.2. The van der Waals surface area contributed by atoms with Crippen LogP contribution in [0.25, 0.3) is 4.96 Å². The Labute approximate surface area is 125 Å². The molecule has 0 saturated carbocycles. The quantitative estimate of drug-likeness (QED) is 0.797. The Morgan fingerprint density at radius 3 is 2.90 bits per heavy atom. The molecule has 21 heavy (non-hydrogen) atoms. The van der Waals surface area contributed by atoms with Crippen molar-refractivity contribution in [2.24, 2.45) is 5.73 Å². The minimum atomic E-state index is -0.231. The Hall–Kier alpha value is -1.83. The first-order valence-corrected chi connectivity index (χ1v) is 7.75. The zero-order valence-electron chi connectivity index (χ0n) is 11.3. The molecule has 4 rings (SSSR count). The molecular formula is C14H15N5OS. The number of nitrogens with two attached hydrogens (primary N) is 1. The van der Waals surface area contributed by atoms with Gasteiger partial charge in [-0.05, 0) is 12.0 Å². The van der Waals surface area contributed by atoms with Crippen molar-refractivity contribution >= 4 is 16.3 Å². The minimum Gasteiger partial charge on any atom is -0.381 e. The van der Waals surface area contributed by atoms with Gasteiger partial charge in [-0.3, -0.25) is 0 Å². The SMILES string of the molecule is NC(c1ccccc1)c1nn2c(C3CCOC3)nnc2s1. The molecule has 7 heteroatoms. The first-order valence-electron chi connectivity index (χ1n) is 6.93. The van der Waals surface area contributed by atoms with Crippen molar-refractivity contribution in [1.82, 2.24) is 19.8 Å². The molecule has 1 aliphatic rings. The summed E-state index contributed by atoms with van der Waals surface area (Å²) in [5.74, 6) is 1.16. The number of hydrogen-bond donors (Lipinski definition) is 1. The summed E-state index contributed by atoms with van der Waals surface area (Å²) in [6.45, 7) is 1.47. The zero-order chi connectivity index (χ0) is 14.2. The molecule has 0 bridgehead atoms. The maximum Gasteiger partial charge on any atom is 0.234 e. The van der Waals surface area contributed by atoms with Gasteiger partial charge in [0, 0.05) is 12.5 Å². The summed E-state index contributed by atoms with van der Waals surface area (Å²) in [6.07, 6.45) is 0.971. The van der Waals surface area contributed by atoms with E-state index in [1.165, 1.54) is 11.3 Å². The van der Waals surface area contributed by atoms with Crippen LogP contribution in [0.15, 0.2) is 30.3 Å². The van der Waals surface area contributed by atoms with Gasteiger partial charge in [-0.2, -0.15) is 9.61 Å². The van der Waals surface area contributed by atoms with Crippen molar-refractivity contribution in [3.63, 3.8) is 0 Å². The van der Waals surface area contributed by atoms with Crippen LogP contribution in [0.4, 0.5) is 0 Å². The second kappa shape index (κ2) is 5.18. The average molecular weight is 301 g/mol. The van der Waals surface area contributed by atoms with Gasteiger partial charge in [0.15, 0.2) is 5.82 Å². The van der Waals surface area contributed by atoms with E-state index in [1.54, 1.807) is 0 Å². The summed E-state index contributed by atoms with van der Waals surface area (Å²) in [6, 6.07) is 9.74. The molecule has 2 atom stereocenters. The average Bonchev–Trinajstić information content (AvgIpc) is 3.23. The van der Waals surface area contributed by atoms with Crippen LogP contribution in [0.3, 0.4) is 0 Å². The lowest BCUT2D eigenvalue weighted by atomic mass is 10.1. The highest BCUT2D eigenvalue weighted by Gasteiger charge is 2.25. The molecular weight excluding hydrogens is 286 g/mol. The van der Waals surface area contributed by atoms with Crippen molar-refractivity contribution in [3.05, 3.63) is 46.7 Å². The van der Waals surface area contributed by atoms with E-state index in [9.17, 15) is 0 Å². The number of benzene rings is 1. The van der Waals surface area contributed by atoms with Crippen molar-refractivity contribution in [2.75, 3.05) is 13.2 Å². The lowest BCUT2D eigenvalue weighted by Gasteiger charge is -2.07.